The molecule has 1 atom stereocenters. The average Bonchev–Trinajstić information content (AvgIpc) is 3.34. The minimum atomic E-state index is -1.23. The van der Waals surface area contributed by atoms with Crippen molar-refractivity contribution in [2.45, 2.75) is 11.8 Å². The summed E-state index contributed by atoms with van der Waals surface area (Å²) in [5.41, 5.74) is 2.66. The fourth-order valence-corrected chi connectivity index (χ4v) is 3.64. The van der Waals surface area contributed by atoms with Gasteiger partial charge in [0.25, 0.3) is 0 Å². The summed E-state index contributed by atoms with van der Waals surface area (Å²) in [7, 11) is 2.08. The van der Waals surface area contributed by atoms with Gasteiger partial charge in [0.2, 0.25) is 5.95 Å². The van der Waals surface area contributed by atoms with Gasteiger partial charge < -0.3 is 14.6 Å². The van der Waals surface area contributed by atoms with Crippen LogP contribution in [0.4, 0.5) is 16.0 Å². The quantitative estimate of drug-likeness (QED) is 0.493. The van der Waals surface area contributed by atoms with E-state index >= 15 is 0 Å². The third kappa shape index (κ3) is 4.19. The van der Waals surface area contributed by atoms with Gasteiger partial charge in [-0.05, 0) is 43.3 Å². The Hall–Kier alpha value is -3.53. The molecule has 1 N–H and O–H groups in total. The first-order valence-corrected chi connectivity index (χ1v) is 10.9. The lowest BCUT2D eigenvalue weighted by Gasteiger charge is -2.10. The van der Waals surface area contributed by atoms with Crippen LogP contribution in [0.3, 0.4) is 0 Å². The molecule has 0 aliphatic heterocycles. The molecule has 0 saturated heterocycles. The molecule has 0 aliphatic rings. The monoisotopic (exact) mass is 440 g/mol. The number of anilines is 2. The molecule has 2 aromatic heterocycles. The topological polar surface area (TPSA) is 86.9 Å². The SMILES string of the molecule is COc1cc(-c2nc(Nc3cc(S(C)=O)ccc3F)n(C)n2)ccc1-n1cnc(C)c1. The highest BCUT2D eigenvalue weighted by atomic mass is 32.2. The van der Waals surface area contributed by atoms with Gasteiger partial charge in [-0.25, -0.2) is 14.1 Å². The zero-order valence-electron chi connectivity index (χ0n) is 17.5. The van der Waals surface area contributed by atoms with Crippen molar-refractivity contribution in [2.24, 2.45) is 7.05 Å². The van der Waals surface area contributed by atoms with Crippen LogP contribution in [0.15, 0.2) is 53.8 Å². The Morgan fingerprint density at radius 1 is 1.19 bits per heavy atom. The summed E-state index contributed by atoms with van der Waals surface area (Å²) >= 11 is 0. The number of ether oxygens (including phenoxy) is 1. The molecule has 0 bridgehead atoms. The Bertz CT molecular complexity index is 1280. The van der Waals surface area contributed by atoms with Crippen molar-refractivity contribution in [3.8, 4) is 22.8 Å². The van der Waals surface area contributed by atoms with Crippen molar-refractivity contribution in [3.63, 3.8) is 0 Å². The van der Waals surface area contributed by atoms with Crippen LogP contribution in [0, 0.1) is 12.7 Å². The first kappa shape index (κ1) is 20.7. The molecule has 0 spiro atoms. The number of aryl methyl sites for hydroxylation is 2. The van der Waals surface area contributed by atoms with E-state index in [1.165, 1.54) is 22.9 Å². The number of rotatable bonds is 6. The van der Waals surface area contributed by atoms with Crippen molar-refractivity contribution >= 4 is 22.4 Å². The highest BCUT2D eigenvalue weighted by Gasteiger charge is 2.15. The van der Waals surface area contributed by atoms with E-state index in [-0.39, 0.29) is 5.69 Å². The molecule has 0 saturated carbocycles. The van der Waals surface area contributed by atoms with Crippen molar-refractivity contribution in [1.29, 1.82) is 0 Å². The lowest BCUT2D eigenvalue weighted by Crippen LogP contribution is -2.02. The van der Waals surface area contributed by atoms with Crippen molar-refractivity contribution in [1.82, 2.24) is 24.3 Å². The minimum absolute atomic E-state index is 0.179. The Labute approximate surface area is 181 Å². The molecule has 10 heteroatoms. The smallest absolute Gasteiger partial charge is 0.226 e. The second kappa shape index (κ2) is 8.31. The third-order valence-electron chi connectivity index (χ3n) is 4.71. The van der Waals surface area contributed by atoms with Crippen molar-refractivity contribution in [2.75, 3.05) is 18.7 Å². The zero-order valence-corrected chi connectivity index (χ0v) is 18.3. The predicted octanol–water partition coefficient (Wildman–Crippen LogP) is 3.60. The molecule has 2 heterocycles. The molecular formula is C21H21FN6O2S. The standard InChI is InChI=1S/C21H21FN6O2S/c1-13-11-28(12-23-13)18-8-5-14(9-19(18)30-3)20-25-21(27(2)26-20)24-17-10-15(31(4)29)6-7-16(17)22/h5-12H,1-4H3,(H,24,25,26). The molecule has 1 unspecified atom stereocenters. The zero-order chi connectivity index (χ0) is 22.1. The number of benzene rings is 2. The van der Waals surface area contributed by atoms with E-state index in [0.717, 1.165) is 16.9 Å². The summed E-state index contributed by atoms with van der Waals surface area (Å²) in [5, 5.41) is 7.36. The first-order valence-electron chi connectivity index (χ1n) is 9.36. The van der Waals surface area contributed by atoms with Crippen LogP contribution < -0.4 is 10.1 Å². The van der Waals surface area contributed by atoms with Gasteiger partial charge in [0.05, 0.1) is 30.5 Å². The number of hydrogen-bond donors (Lipinski definition) is 1. The number of aromatic nitrogens is 5. The summed E-state index contributed by atoms with van der Waals surface area (Å²) in [6, 6.07) is 9.90. The van der Waals surface area contributed by atoms with Gasteiger partial charge in [0, 0.05) is 40.8 Å². The molecule has 31 heavy (non-hydrogen) atoms. The van der Waals surface area contributed by atoms with Crippen LogP contribution in [0.25, 0.3) is 17.1 Å². The van der Waals surface area contributed by atoms with Crippen LogP contribution in [-0.4, -0.2) is 41.9 Å². The van der Waals surface area contributed by atoms with Gasteiger partial charge in [0.1, 0.15) is 11.6 Å². The summed E-state index contributed by atoms with van der Waals surface area (Å²) in [6.07, 6.45) is 5.17. The molecule has 2 aromatic carbocycles. The summed E-state index contributed by atoms with van der Waals surface area (Å²) in [6.45, 7) is 1.92. The minimum Gasteiger partial charge on any atom is -0.495 e. The second-order valence-corrected chi connectivity index (χ2v) is 8.29. The molecule has 0 radical (unpaired) electrons. The number of nitrogens with zero attached hydrogens (tertiary/aromatic N) is 5. The third-order valence-corrected chi connectivity index (χ3v) is 5.62. The van der Waals surface area contributed by atoms with Crippen molar-refractivity contribution in [3.05, 3.63) is 60.4 Å². The van der Waals surface area contributed by atoms with Gasteiger partial charge in [0.15, 0.2) is 5.82 Å². The van der Waals surface area contributed by atoms with Gasteiger partial charge >= 0.3 is 0 Å². The molecule has 4 aromatic rings. The van der Waals surface area contributed by atoms with Crippen LogP contribution in [-0.2, 0) is 17.8 Å². The van der Waals surface area contributed by atoms with Crippen LogP contribution >= 0.6 is 0 Å². The van der Waals surface area contributed by atoms with E-state index in [9.17, 15) is 8.60 Å². The van der Waals surface area contributed by atoms with Crippen LogP contribution in [0.5, 0.6) is 5.75 Å². The molecule has 0 fully saturated rings. The van der Waals surface area contributed by atoms with Gasteiger partial charge in [-0.3, -0.25) is 4.21 Å². The maximum atomic E-state index is 14.2. The number of nitrogens with one attached hydrogen (secondary N) is 1. The van der Waals surface area contributed by atoms with E-state index < -0.39 is 16.6 Å². The largest absolute Gasteiger partial charge is 0.495 e. The second-order valence-electron chi connectivity index (χ2n) is 6.91. The highest BCUT2D eigenvalue weighted by Crippen LogP contribution is 2.30. The highest BCUT2D eigenvalue weighted by molar-refractivity contribution is 7.84. The first-order chi connectivity index (χ1) is 14.9. The van der Waals surface area contributed by atoms with Gasteiger partial charge in [-0.1, -0.05) is 0 Å². The molecule has 4 rings (SSSR count). The summed E-state index contributed by atoms with van der Waals surface area (Å²) in [4.78, 5) is 9.26. The Morgan fingerprint density at radius 3 is 2.68 bits per heavy atom. The fourth-order valence-electron chi connectivity index (χ4n) is 3.10. The van der Waals surface area contributed by atoms with E-state index in [4.69, 9.17) is 4.74 Å². The summed E-state index contributed by atoms with van der Waals surface area (Å²) in [5.74, 6) is 0.968. The van der Waals surface area contributed by atoms with E-state index in [1.54, 1.807) is 26.7 Å². The van der Waals surface area contributed by atoms with Crippen LogP contribution in [0.2, 0.25) is 0 Å². The fraction of sp³-hybridized carbons (Fsp3) is 0.190. The lowest BCUT2D eigenvalue weighted by molar-refractivity contribution is 0.413. The van der Waals surface area contributed by atoms with Crippen molar-refractivity contribution < 1.29 is 13.3 Å². The molecular weight excluding hydrogens is 419 g/mol. The normalized spacial score (nSPS) is 12.0. The number of hydrogen-bond acceptors (Lipinski definition) is 6. The van der Waals surface area contributed by atoms with E-state index in [2.05, 4.69) is 20.4 Å². The van der Waals surface area contributed by atoms with Crippen LogP contribution in [0.1, 0.15) is 5.69 Å². The predicted molar refractivity (Wildman–Crippen MR) is 117 cm³/mol. The van der Waals surface area contributed by atoms with Gasteiger partial charge in [-0.15, -0.1) is 5.10 Å². The maximum Gasteiger partial charge on any atom is 0.226 e. The molecule has 0 amide bonds. The molecule has 160 valence electrons. The Kier molecular flexibility index (Phi) is 5.55. The molecule has 8 nitrogen and oxygen atoms in total. The maximum absolute atomic E-state index is 14.2. The number of halogens is 1. The molecule has 0 aliphatic carbocycles. The number of methoxy groups -OCH3 is 1. The van der Waals surface area contributed by atoms with E-state index in [1.807, 2.05) is 35.9 Å². The lowest BCUT2D eigenvalue weighted by atomic mass is 10.1. The average molecular weight is 441 g/mol. The van der Waals surface area contributed by atoms with Gasteiger partial charge in [-0.2, -0.15) is 4.98 Å². The Balaban J connectivity index is 1.66. The van der Waals surface area contributed by atoms with E-state index in [0.29, 0.717) is 22.4 Å². The Morgan fingerprint density at radius 2 is 2.00 bits per heavy atom. The summed E-state index contributed by atoms with van der Waals surface area (Å²) < 4.78 is 34.9. The number of imidazole rings is 1.